The average Bonchev–Trinajstić information content (AvgIpc) is 3.23. The number of aryl methyl sites for hydroxylation is 1. The van der Waals surface area contributed by atoms with Crippen LogP contribution in [-0.2, 0) is 23.0 Å². The number of fused-ring (bicyclic) bond motifs is 1. The van der Waals surface area contributed by atoms with Gasteiger partial charge in [-0.15, -0.1) is 0 Å². The Bertz CT molecular complexity index is 998. The van der Waals surface area contributed by atoms with Crippen molar-refractivity contribution in [1.82, 2.24) is 9.55 Å². The molecule has 1 aromatic heterocycles. The second kappa shape index (κ2) is 6.99. The van der Waals surface area contributed by atoms with Gasteiger partial charge in [0.15, 0.2) is 16.5 Å². The van der Waals surface area contributed by atoms with E-state index in [2.05, 4.69) is 9.71 Å². The standard InChI is InChI=1S/C16H19N3O7S/c1-24-10-7-9(16(20)21)13(15(26-3)14(10)25-2)18-27(22,23)12-8-17-11-5-4-6-19(11)12/h7-8,18H,4-6H2,1-3H3,(H,20,21). The topological polar surface area (TPSA) is 129 Å². The Morgan fingerprint density at radius 3 is 2.52 bits per heavy atom. The van der Waals surface area contributed by atoms with Gasteiger partial charge in [-0.05, 0) is 6.42 Å². The zero-order valence-electron chi connectivity index (χ0n) is 15.0. The van der Waals surface area contributed by atoms with Crippen LogP contribution in [0.15, 0.2) is 17.3 Å². The van der Waals surface area contributed by atoms with Gasteiger partial charge in [-0.3, -0.25) is 4.72 Å². The van der Waals surface area contributed by atoms with Gasteiger partial charge >= 0.3 is 5.97 Å². The Labute approximate surface area is 155 Å². The van der Waals surface area contributed by atoms with Crippen LogP contribution in [0.25, 0.3) is 0 Å². The number of carboxylic acids is 1. The molecule has 1 aliphatic rings. The molecule has 1 aliphatic heterocycles. The molecule has 0 spiro atoms. The van der Waals surface area contributed by atoms with Crippen molar-refractivity contribution in [1.29, 1.82) is 0 Å². The number of aromatic carboxylic acids is 1. The third-order valence-corrected chi connectivity index (χ3v) is 5.61. The lowest BCUT2D eigenvalue weighted by Gasteiger charge is -2.19. The molecule has 1 aromatic carbocycles. The highest BCUT2D eigenvalue weighted by molar-refractivity contribution is 7.92. The van der Waals surface area contributed by atoms with Gasteiger partial charge in [0.2, 0.25) is 5.75 Å². The average molecular weight is 397 g/mol. The molecule has 0 bridgehead atoms. The second-order valence-corrected chi connectivity index (χ2v) is 7.38. The molecule has 0 radical (unpaired) electrons. The maximum atomic E-state index is 12.9. The van der Waals surface area contributed by atoms with Crippen molar-refractivity contribution in [2.45, 2.75) is 24.4 Å². The molecule has 3 rings (SSSR count). The molecule has 2 N–H and O–H groups in total. The number of ether oxygens (including phenoxy) is 3. The fourth-order valence-electron chi connectivity index (χ4n) is 3.06. The zero-order chi connectivity index (χ0) is 19.8. The number of sulfonamides is 1. The number of nitrogens with one attached hydrogen (secondary N) is 1. The largest absolute Gasteiger partial charge is 0.493 e. The van der Waals surface area contributed by atoms with Crippen LogP contribution in [0.1, 0.15) is 22.6 Å². The fraction of sp³-hybridized carbons (Fsp3) is 0.375. The maximum absolute atomic E-state index is 12.9. The second-order valence-electron chi connectivity index (χ2n) is 5.75. The summed E-state index contributed by atoms with van der Waals surface area (Å²) in [6, 6.07) is 1.17. The van der Waals surface area contributed by atoms with Crippen LogP contribution in [0.2, 0.25) is 0 Å². The zero-order valence-corrected chi connectivity index (χ0v) is 15.8. The van der Waals surface area contributed by atoms with Gasteiger partial charge in [0.05, 0.1) is 33.1 Å². The number of rotatable bonds is 7. The Hall–Kier alpha value is -2.95. The Morgan fingerprint density at radius 1 is 1.22 bits per heavy atom. The lowest BCUT2D eigenvalue weighted by Crippen LogP contribution is -2.19. The van der Waals surface area contributed by atoms with Crippen LogP contribution < -0.4 is 18.9 Å². The van der Waals surface area contributed by atoms with Crippen molar-refractivity contribution in [3.63, 3.8) is 0 Å². The van der Waals surface area contributed by atoms with E-state index in [-0.39, 0.29) is 33.5 Å². The molecule has 0 unspecified atom stereocenters. The predicted molar refractivity (Wildman–Crippen MR) is 94.4 cm³/mol. The highest BCUT2D eigenvalue weighted by Gasteiger charge is 2.30. The molecule has 11 heteroatoms. The van der Waals surface area contributed by atoms with Crippen LogP contribution in [-0.4, -0.2) is 50.4 Å². The number of hydrogen-bond acceptors (Lipinski definition) is 7. The van der Waals surface area contributed by atoms with E-state index in [4.69, 9.17) is 14.2 Å². The summed E-state index contributed by atoms with van der Waals surface area (Å²) in [5.74, 6) is -0.612. The first-order chi connectivity index (χ1) is 12.8. The summed E-state index contributed by atoms with van der Waals surface area (Å²) < 4.78 is 45.3. The molecule has 2 aromatic rings. The summed E-state index contributed by atoms with van der Waals surface area (Å²) in [5, 5.41) is 9.51. The van der Waals surface area contributed by atoms with Crippen molar-refractivity contribution >= 4 is 21.7 Å². The highest BCUT2D eigenvalue weighted by Crippen LogP contribution is 2.46. The Kier molecular flexibility index (Phi) is 4.87. The van der Waals surface area contributed by atoms with E-state index in [0.717, 1.165) is 6.42 Å². The normalized spacial score (nSPS) is 13.1. The van der Waals surface area contributed by atoms with Crippen molar-refractivity contribution in [2.75, 3.05) is 26.1 Å². The smallest absolute Gasteiger partial charge is 0.338 e. The van der Waals surface area contributed by atoms with Gasteiger partial charge in [-0.2, -0.15) is 8.42 Å². The molecule has 27 heavy (non-hydrogen) atoms. The van der Waals surface area contributed by atoms with E-state index in [1.807, 2.05) is 0 Å². The predicted octanol–water partition coefficient (Wildman–Crippen LogP) is 1.35. The SMILES string of the molecule is COc1cc(C(=O)O)c(NS(=O)(=O)c2cnc3n2CCC3)c(OC)c1OC. The minimum absolute atomic E-state index is 0.0387. The summed E-state index contributed by atoms with van der Waals surface area (Å²) in [4.78, 5) is 15.8. The van der Waals surface area contributed by atoms with Gasteiger partial charge in [-0.25, -0.2) is 9.78 Å². The van der Waals surface area contributed by atoms with E-state index >= 15 is 0 Å². The molecule has 0 amide bonds. The fourth-order valence-corrected chi connectivity index (χ4v) is 4.31. The van der Waals surface area contributed by atoms with E-state index in [0.29, 0.717) is 18.8 Å². The van der Waals surface area contributed by atoms with Gasteiger partial charge in [-0.1, -0.05) is 0 Å². The van der Waals surface area contributed by atoms with E-state index < -0.39 is 16.0 Å². The molecule has 0 saturated carbocycles. The number of hydrogen-bond donors (Lipinski definition) is 2. The van der Waals surface area contributed by atoms with Crippen molar-refractivity contribution in [2.24, 2.45) is 0 Å². The molecule has 2 heterocycles. The molecular formula is C16H19N3O7S. The molecule has 0 saturated heterocycles. The summed E-state index contributed by atoms with van der Waals surface area (Å²) in [5.41, 5.74) is -0.592. The quantitative estimate of drug-likeness (QED) is 0.716. The van der Waals surface area contributed by atoms with Crippen LogP contribution in [0.5, 0.6) is 17.2 Å². The van der Waals surface area contributed by atoms with E-state index in [9.17, 15) is 18.3 Å². The van der Waals surface area contributed by atoms with Crippen molar-refractivity contribution < 1.29 is 32.5 Å². The van der Waals surface area contributed by atoms with Gasteiger partial charge in [0.1, 0.15) is 11.5 Å². The first-order valence-electron chi connectivity index (χ1n) is 7.97. The first-order valence-corrected chi connectivity index (χ1v) is 9.45. The number of methoxy groups -OCH3 is 3. The van der Waals surface area contributed by atoms with Gasteiger partial charge < -0.3 is 23.9 Å². The highest BCUT2D eigenvalue weighted by atomic mass is 32.2. The summed E-state index contributed by atoms with van der Waals surface area (Å²) in [7, 11) is -0.171. The van der Waals surface area contributed by atoms with Crippen molar-refractivity contribution in [3.8, 4) is 17.2 Å². The Morgan fingerprint density at radius 2 is 1.93 bits per heavy atom. The van der Waals surface area contributed by atoms with E-state index in [1.165, 1.54) is 33.6 Å². The van der Waals surface area contributed by atoms with Crippen LogP contribution in [0.3, 0.4) is 0 Å². The molecule has 0 atom stereocenters. The van der Waals surface area contributed by atoms with E-state index in [1.54, 1.807) is 4.57 Å². The number of carbonyl (C=O) groups is 1. The molecular weight excluding hydrogens is 378 g/mol. The molecule has 146 valence electrons. The number of benzene rings is 1. The molecule has 0 fully saturated rings. The number of anilines is 1. The summed E-state index contributed by atoms with van der Waals surface area (Å²) in [6.07, 6.45) is 2.74. The summed E-state index contributed by atoms with van der Waals surface area (Å²) >= 11 is 0. The number of carboxylic acid groups (broad SMARTS) is 1. The minimum Gasteiger partial charge on any atom is -0.493 e. The number of aromatic nitrogens is 2. The Balaban J connectivity index is 2.16. The molecule has 0 aliphatic carbocycles. The van der Waals surface area contributed by atoms with Crippen LogP contribution >= 0.6 is 0 Å². The maximum Gasteiger partial charge on any atom is 0.338 e. The minimum atomic E-state index is -4.12. The third kappa shape index (κ3) is 3.14. The lowest BCUT2D eigenvalue weighted by molar-refractivity contribution is 0.0697. The van der Waals surface area contributed by atoms with Crippen LogP contribution in [0.4, 0.5) is 5.69 Å². The first kappa shape index (κ1) is 18.8. The number of nitrogens with zero attached hydrogens (tertiary/aromatic N) is 2. The lowest BCUT2D eigenvalue weighted by atomic mass is 10.1. The van der Waals surface area contributed by atoms with Crippen molar-refractivity contribution in [3.05, 3.63) is 23.7 Å². The van der Waals surface area contributed by atoms with Crippen LogP contribution in [0, 0.1) is 0 Å². The third-order valence-electron chi connectivity index (χ3n) is 4.26. The molecule has 10 nitrogen and oxygen atoms in total. The monoisotopic (exact) mass is 397 g/mol. The van der Waals surface area contributed by atoms with Gasteiger partial charge in [0.25, 0.3) is 10.0 Å². The van der Waals surface area contributed by atoms with Gasteiger partial charge in [0, 0.05) is 19.0 Å². The number of imidazole rings is 1. The summed E-state index contributed by atoms with van der Waals surface area (Å²) in [6.45, 7) is 0.528.